The first-order valence-corrected chi connectivity index (χ1v) is 8.44. The van der Waals surface area contributed by atoms with E-state index in [1.165, 1.54) is 18.2 Å². The van der Waals surface area contributed by atoms with Crippen molar-refractivity contribution in [3.05, 3.63) is 46.0 Å². The summed E-state index contributed by atoms with van der Waals surface area (Å²) in [4.78, 5) is 29.5. The van der Waals surface area contributed by atoms with Crippen LogP contribution >= 0.6 is 12.4 Å². The molecule has 1 aliphatic heterocycles. The predicted octanol–water partition coefficient (Wildman–Crippen LogP) is 2.69. The third kappa shape index (κ3) is 4.19. The second kappa shape index (κ2) is 8.45. The van der Waals surface area contributed by atoms with Crippen LogP contribution in [0.5, 0.6) is 0 Å². The molecule has 0 unspecified atom stereocenters. The van der Waals surface area contributed by atoms with E-state index in [9.17, 15) is 14.0 Å². The molecule has 5 nitrogen and oxygen atoms in total. The van der Waals surface area contributed by atoms with Gasteiger partial charge >= 0.3 is 0 Å². The number of hydrogen-bond donors (Lipinski definition) is 2. The van der Waals surface area contributed by atoms with Crippen molar-refractivity contribution in [2.24, 2.45) is 0 Å². The Morgan fingerprint density at radius 1 is 1.28 bits per heavy atom. The Balaban J connectivity index is 0.00000225. The van der Waals surface area contributed by atoms with Gasteiger partial charge in [-0.1, -0.05) is 6.92 Å². The molecule has 7 heteroatoms. The molecule has 1 aromatic heterocycles. The lowest BCUT2D eigenvalue weighted by molar-refractivity contribution is 0.0644. The Morgan fingerprint density at radius 3 is 2.68 bits per heavy atom. The number of aromatic nitrogens is 1. The maximum Gasteiger partial charge on any atom is 0.254 e. The van der Waals surface area contributed by atoms with Crippen LogP contribution in [-0.2, 0) is 0 Å². The SMILES string of the molecule is CCCN(C(=O)c1cc(=O)[nH]c2cc(F)ccc12)C1CCNCC1.Cl. The van der Waals surface area contributed by atoms with Crippen LogP contribution in [-0.4, -0.2) is 41.5 Å². The summed E-state index contributed by atoms with van der Waals surface area (Å²) in [5.74, 6) is -0.585. The van der Waals surface area contributed by atoms with Gasteiger partial charge in [-0.2, -0.15) is 0 Å². The Morgan fingerprint density at radius 2 is 2.00 bits per heavy atom. The molecule has 0 saturated carbocycles. The molecule has 1 fully saturated rings. The summed E-state index contributed by atoms with van der Waals surface area (Å²) in [5, 5.41) is 3.88. The van der Waals surface area contributed by atoms with Crippen molar-refractivity contribution in [2.75, 3.05) is 19.6 Å². The molecule has 1 aromatic carbocycles. The van der Waals surface area contributed by atoms with Crippen LogP contribution in [0.2, 0.25) is 0 Å². The monoisotopic (exact) mass is 367 g/mol. The molecular formula is C18H23ClFN3O2. The first-order valence-electron chi connectivity index (χ1n) is 8.44. The van der Waals surface area contributed by atoms with E-state index >= 15 is 0 Å². The summed E-state index contributed by atoms with van der Waals surface area (Å²) in [6, 6.07) is 5.62. The number of nitrogens with zero attached hydrogens (tertiary/aromatic N) is 1. The molecule has 3 rings (SSSR count). The first kappa shape index (κ1) is 19.4. The van der Waals surface area contributed by atoms with Crippen molar-refractivity contribution >= 4 is 29.2 Å². The number of H-pyrrole nitrogens is 1. The lowest BCUT2D eigenvalue weighted by atomic mass is 10.0. The minimum absolute atomic E-state index is 0. The molecule has 2 N–H and O–H groups in total. The van der Waals surface area contributed by atoms with Crippen molar-refractivity contribution in [1.82, 2.24) is 15.2 Å². The molecule has 0 spiro atoms. The molecule has 25 heavy (non-hydrogen) atoms. The van der Waals surface area contributed by atoms with Gasteiger partial charge in [0.2, 0.25) is 5.56 Å². The highest BCUT2D eigenvalue weighted by atomic mass is 35.5. The van der Waals surface area contributed by atoms with Gasteiger partial charge in [0.1, 0.15) is 5.82 Å². The van der Waals surface area contributed by atoms with E-state index in [-0.39, 0.29) is 24.4 Å². The molecule has 0 radical (unpaired) electrons. The predicted molar refractivity (Wildman–Crippen MR) is 99.0 cm³/mol. The zero-order chi connectivity index (χ0) is 17.1. The second-order valence-electron chi connectivity index (χ2n) is 6.22. The van der Waals surface area contributed by atoms with Crippen LogP contribution in [0.1, 0.15) is 36.5 Å². The number of hydrogen-bond acceptors (Lipinski definition) is 3. The van der Waals surface area contributed by atoms with E-state index in [1.807, 2.05) is 11.8 Å². The lowest BCUT2D eigenvalue weighted by Crippen LogP contribution is -2.46. The van der Waals surface area contributed by atoms with Crippen molar-refractivity contribution in [1.29, 1.82) is 0 Å². The maximum atomic E-state index is 13.4. The summed E-state index contributed by atoms with van der Waals surface area (Å²) in [6.07, 6.45) is 2.66. The lowest BCUT2D eigenvalue weighted by Gasteiger charge is -2.34. The number of carbonyl (C=O) groups excluding carboxylic acids is 1. The number of pyridine rings is 1. The van der Waals surface area contributed by atoms with Gasteiger partial charge in [0.15, 0.2) is 0 Å². The smallest absolute Gasteiger partial charge is 0.254 e. The number of halogens is 2. The number of nitrogens with one attached hydrogen (secondary N) is 2. The fourth-order valence-corrected chi connectivity index (χ4v) is 3.37. The number of rotatable bonds is 4. The average molecular weight is 368 g/mol. The average Bonchev–Trinajstić information content (AvgIpc) is 2.58. The Labute approximate surface area is 152 Å². The third-order valence-corrected chi connectivity index (χ3v) is 4.51. The van der Waals surface area contributed by atoms with E-state index in [4.69, 9.17) is 0 Å². The Hall–Kier alpha value is -1.92. The largest absolute Gasteiger partial charge is 0.336 e. The van der Waals surface area contributed by atoms with Gasteiger partial charge in [-0.15, -0.1) is 12.4 Å². The highest BCUT2D eigenvalue weighted by molar-refractivity contribution is 6.06. The fourth-order valence-electron chi connectivity index (χ4n) is 3.37. The van der Waals surface area contributed by atoms with Gasteiger partial charge in [-0.05, 0) is 50.6 Å². The summed E-state index contributed by atoms with van der Waals surface area (Å²) >= 11 is 0. The zero-order valence-corrected chi connectivity index (χ0v) is 15.0. The Bertz CT molecular complexity index is 802. The number of piperidine rings is 1. The number of carbonyl (C=O) groups is 1. The van der Waals surface area contributed by atoms with Crippen LogP contribution in [0.4, 0.5) is 4.39 Å². The summed E-state index contributed by atoms with van der Waals surface area (Å²) in [6.45, 7) is 4.46. The first-order chi connectivity index (χ1) is 11.6. The summed E-state index contributed by atoms with van der Waals surface area (Å²) < 4.78 is 13.4. The summed E-state index contributed by atoms with van der Waals surface area (Å²) in [5.41, 5.74) is 0.312. The van der Waals surface area contributed by atoms with Crippen LogP contribution in [0, 0.1) is 5.82 Å². The molecule has 136 valence electrons. The van der Waals surface area contributed by atoms with Crippen LogP contribution < -0.4 is 10.9 Å². The van der Waals surface area contributed by atoms with E-state index in [0.717, 1.165) is 32.4 Å². The topological polar surface area (TPSA) is 65.2 Å². The quantitative estimate of drug-likeness (QED) is 0.873. The minimum atomic E-state index is -0.438. The molecule has 1 amide bonds. The van der Waals surface area contributed by atoms with Gasteiger partial charge in [0.25, 0.3) is 5.91 Å². The van der Waals surface area contributed by atoms with Crippen molar-refractivity contribution < 1.29 is 9.18 Å². The number of benzene rings is 1. The molecule has 2 heterocycles. The van der Waals surface area contributed by atoms with Crippen LogP contribution in [0.15, 0.2) is 29.1 Å². The highest BCUT2D eigenvalue weighted by Crippen LogP contribution is 2.21. The van der Waals surface area contributed by atoms with Gasteiger partial charge in [-0.25, -0.2) is 4.39 Å². The highest BCUT2D eigenvalue weighted by Gasteiger charge is 2.27. The molecule has 1 saturated heterocycles. The van der Waals surface area contributed by atoms with Crippen LogP contribution in [0.3, 0.4) is 0 Å². The molecule has 0 aliphatic carbocycles. The maximum absolute atomic E-state index is 13.4. The van der Waals surface area contributed by atoms with Crippen molar-refractivity contribution in [2.45, 2.75) is 32.2 Å². The van der Waals surface area contributed by atoms with E-state index in [1.54, 1.807) is 6.07 Å². The minimum Gasteiger partial charge on any atom is -0.336 e. The van der Waals surface area contributed by atoms with E-state index < -0.39 is 11.4 Å². The summed E-state index contributed by atoms with van der Waals surface area (Å²) in [7, 11) is 0. The number of amides is 1. The molecule has 2 aromatic rings. The standard InChI is InChI=1S/C18H22FN3O2.ClH/c1-2-9-22(13-5-7-20-8-6-13)18(24)15-11-17(23)21-16-10-12(19)3-4-14(15)16;/h3-4,10-11,13,20H,2,5-9H2,1H3,(H,21,23);1H. The number of aromatic amines is 1. The zero-order valence-electron chi connectivity index (χ0n) is 14.2. The fraction of sp³-hybridized carbons (Fsp3) is 0.444. The van der Waals surface area contributed by atoms with Gasteiger partial charge < -0.3 is 15.2 Å². The number of fused-ring (bicyclic) bond motifs is 1. The third-order valence-electron chi connectivity index (χ3n) is 4.51. The molecular weight excluding hydrogens is 345 g/mol. The van der Waals surface area contributed by atoms with Crippen molar-refractivity contribution in [3.63, 3.8) is 0 Å². The van der Waals surface area contributed by atoms with Gasteiger partial charge in [0.05, 0.1) is 11.1 Å². The normalized spacial score (nSPS) is 15.0. The van der Waals surface area contributed by atoms with E-state index in [2.05, 4.69) is 10.3 Å². The van der Waals surface area contributed by atoms with Gasteiger partial charge in [0, 0.05) is 24.0 Å². The second-order valence-corrected chi connectivity index (χ2v) is 6.22. The van der Waals surface area contributed by atoms with Gasteiger partial charge in [-0.3, -0.25) is 9.59 Å². The van der Waals surface area contributed by atoms with E-state index in [0.29, 0.717) is 23.0 Å². The molecule has 0 bridgehead atoms. The van der Waals surface area contributed by atoms with Crippen molar-refractivity contribution in [3.8, 4) is 0 Å². The van der Waals surface area contributed by atoms with Crippen LogP contribution in [0.25, 0.3) is 10.9 Å². The molecule has 0 atom stereocenters. The Kier molecular flexibility index (Phi) is 6.56. The molecule has 1 aliphatic rings.